The number of aromatic nitrogens is 1. The van der Waals surface area contributed by atoms with Crippen LogP contribution in [0.2, 0.25) is 0 Å². The molecule has 26 heavy (non-hydrogen) atoms. The van der Waals surface area contributed by atoms with E-state index in [-0.39, 0.29) is 17.5 Å². The summed E-state index contributed by atoms with van der Waals surface area (Å²) in [4.78, 5) is 30.6. The molecule has 2 aromatic rings. The minimum absolute atomic E-state index is 0.0633. The molecule has 0 bridgehead atoms. The number of aryl methyl sites for hydroxylation is 3. The topological polar surface area (TPSA) is 47.0 Å². The molecule has 1 heterocycles. The van der Waals surface area contributed by atoms with Gasteiger partial charge in [0.25, 0.3) is 0 Å². The van der Waals surface area contributed by atoms with E-state index >= 15 is 0 Å². The third-order valence-corrected chi connectivity index (χ3v) is 5.76. The van der Waals surface area contributed by atoms with E-state index in [1.54, 1.807) is 0 Å². The van der Waals surface area contributed by atoms with Gasteiger partial charge < -0.3 is 0 Å². The summed E-state index contributed by atoms with van der Waals surface area (Å²) < 4.78 is 0. The molecule has 134 valence electrons. The van der Waals surface area contributed by atoms with Crippen LogP contribution in [0.5, 0.6) is 0 Å². The predicted octanol–water partition coefficient (Wildman–Crippen LogP) is 4.37. The Hall–Kier alpha value is -2.29. The van der Waals surface area contributed by atoms with Gasteiger partial charge in [-0.25, -0.2) is 0 Å². The molecule has 3 heteroatoms. The Kier molecular flexibility index (Phi) is 4.26. The van der Waals surface area contributed by atoms with Crippen molar-refractivity contribution < 1.29 is 9.59 Å². The quantitative estimate of drug-likeness (QED) is 0.772. The zero-order chi connectivity index (χ0) is 18.4. The SMILES string of the molecule is Cc1cc(C)c(C2C(=O)CC(Cc3cccc(C4CC4)n3)C2=O)c(C)c1. The molecule has 2 saturated carbocycles. The summed E-state index contributed by atoms with van der Waals surface area (Å²) in [6, 6.07) is 10.2. The summed E-state index contributed by atoms with van der Waals surface area (Å²) in [5, 5.41) is 0. The van der Waals surface area contributed by atoms with Crippen molar-refractivity contribution in [1.29, 1.82) is 0 Å². The number of carbonyl (C=O) groups is 2. The fourth-order valence-electron chi connectivity index (χ4n) is 4.45. The minimum atomic E-state index is -0.591. The first-order valence-corrected chi connectivity index (χ1v) is 9.54. The van der Waals surface area contributed by atoms with Crippen molar-refractivity contribution in [3.63, 3.8) is 0 Å². The second-order valence-corrected chi connectivity index (χ2v) is 8.05. The van der Waals surface area contributed by atoms with E-state index in [1.165, 1.54) is 18.4 Å². The van der Waals surface area contributed by atoms with E-state index in [2.05, 4.69) is 18.2 Å². The molecule has 3 nitrogen and oxygen atoms in total. The van der Waals surface area contributed by atoms with Crippen LogP contribution in [0.25, 0.3) is 0 Å². The fourth-order valence-corrected chi connectivity index (χ4v) is 4.45. The van der Waals surface area contributed by atoms with E-state index in [1.807, 2.05) is 32.9 Å². The highest BCUT2D eigenvalue weighted by atomic mass is 16.2. The first-order chi connectivity index (χ1) is 12.4. The maximum absolute atomic E-state index is 13.1. The lowest BCUT2D eigenvalue weighted by atomic mass is 9.86. The van der Waals surface area contributed by atoms with Crippen molar-refractivity contribution in [3.8, 4) is 0 Å². The molecule has 0 amide bonds. The van der Waals surface area contributed by atoms with Crippen LogP contribution in [0.4, 0.5) is 0 Å². The van der Waals surface area contributed by atoms with Gasteiger partial charge in [0.2, 0.25) is 0 Å². The average Bonchev–Trinajstić information content (AvgIpc) is 3.38. The molecule has 2 aliphatic carbocycles. The molecule has 2 fully saturated rings. The van der Waals surface area contributed by atoms with Gasteiger partial charge >= 0.3 is 0 Å². The van der Waals surface area contributed by atoms with Crippen molar-refractivity contribution in [2.45, 2.75) is 58.3 Å². The molecule has 0 N–H and O–H groups in total. The van der Waals surface area contributed by atoms with Crippen LogP contribution >= 0.6 is 0 Å². The van der Waals surface area contributed by atoms with Crippen molar-refractivity contribution in [2.75, 3.05) is 0 Å². The largest absolute Gasteiger partial charge is 0.298 e. The van der Waals surface area contributed by atoms with Crippen molar-refractivity contribution in [2.24, 2.45) is 5.92 Å². The second-order valence-electron chi connectivity index (χ2n) is 8.05. The monoisotopic (exact) mass is 347 g/mol. The van der Waals surface area contributed by atoms with Crippen LogP contribution in [0.15, 0.2) is 30.3 Å². The van der Waals surface area contributed by atoms with Gasteiger partial charge in [-0.1, -0.05) is 23.8 Å². The number of benzene rings is 1. The van der Waals surface area contributed by atoms with Crippen LogP contribution in [-0.2, 0) is 16.0 Å². The molecule has 0 spiro atoms. The predicted molar refractivity (Wildman–Crippen MR) is 101 cm³/mol. The lowest BCUT2D eigenvalue weighted by molar-refractivity contribution is -0.124. The highest BCUT2D eigenvalue weighted by Gasteiger charge is 2.43. The van der Waals surface area contributed by atoms with Crippen LogP contribution in [0.1, 0.15) is 64.7 Å². The molecule has 0 aliphatic heterocycles. The van der Waals surface area contributed by atoms with Gasteiger partial charge in [0.15, 0.2) is 5.78 Å². The number of nitrogens with zero attached hydrogens (tertiary/aromatic N) is 1. The van der Waals surface area contributed by atoms with Crippen LogP contribution < -0.4 is 0 Å². The van der Waals surface area contributed by atoms with Gasteiger partial charge in [-0.3, -0.25) is 14.6 Å². The van der Waals surface area contributed by atoms with E-state index in [4.69, 9.17) is 4.98 Å². The number of carbonyl (C=O) groups excluding carboxylic acids is 2. The van der Waals surface area contributed by atoms with Gasteiger partial charge in [0, 0.05) is 29.6 Å². The van der Waals surface area contributed by atoms with Gasteiger partial charge in [-0.2, -0.15) is 0 Å². The average molecular weight is 347 g/mol. The zero-order valence-corrected chi connectivity index (χ0v) is 15.7. The Labute approximate surface area is 154 Å². The van der Waals surface area contributed by atoms with E-state index < -0.39 is 5.92 Å². The first-order valence-electron chi connectivity index (χ1n) is 9.54. The van der Waals surface area contributed by atoms with E-state index in [9.17, 15) is 9.59 Å². The van der Waals surface area contributed by atoms with Gasteiger partial charge in [-0.05, 0) is 68.9 Å². The maximum Gasteiger partial charge on any atom is 0.151 e. The Morgan fingerprint density at radius 3 is 2.38 bits per heavy atom. The molecule has 4 rings (SSSR count). The molecular weight excluding hydrogens is 322 g/mol. The standard InChI is InChI=1S/C23H25NO2/c1-13-9-14(2)21(15(3)10-13)22-20(25)12-17(23(22)26)11-18-5-4-6-19(24-18)16-7-8-16/h4-6,9-10,16-17,22H,7-8,11-12H2,1-3H3. The van der Waals surface area contributed by atoms with Crippen molar-refractivity contribution in [1.82, 2.24) is 4.98 Å². The minimum Gasteiger partial charge on any atom is -0.298 e. The number of hydrogen-bond acceptors (Lipinski definition) is 3. The van der Waals surface area contributed by atoms with Crippen molar-refractivity contribution in [3.05, 3.63) is 64.0 Å². The smallest absolute Gasteiger partial charge is 0.151 e. The number of pyridine rings is 1. The summed E-state index contributed by atoms with van der Waals surface area (Å²) in [6.07, 6.45) is 3.34. The third-order valence-electron chi connectivity index (χ3n) is 5.76. The lowest BCUT2D eigenvalue weighted by Gasteiger charge is -2.16. The second kappa shape index (κ2) is 6.46. The highest BCUT2D eigenvalue weighted by molar-refractivity contribution is 6.15. The number of ketones is 2. The van der Waals surface area contributed by atoms with Gasteiger partial charge in [0.05, 0.1) is 0 Å². The zero-order valence-electron chi connectivity index (χ0n) is 15.7. The maximum atomic E-state index is 13.1. The summed E-state index contributed by atoms with van der Waals surface area (Å²) >= 11 is 0. The number of hydrogen-bond donors (Lipinski definition) is 0. The summed E-state index contributed by atoms with van der Waals surface area (Å²) in [5.41, 5.74) is 6.26. The molecule has 2 unspecified atom stereocenters. The first kappa shape index (κ1) is 17.1. The number of rotatable bonds is 4. The van der Waals surface area contributed by atoms with Crippen LogP contribution in [-0.4, -0.2) is 16.6 Å². The summed E-state index contributed by atoms with van der Waals surface area (Å²) in [5.74, 6) is -0.0969. The van der Waals surface area contributed by atoms with Crippen LogP contribution in [0.3, 0.4) is 0 Å². The molecule has 1 aromatic heterocycles. The third kappa shape index (κ3) is 3.11. The number of Topliss-reactive ketones (excluding diaryl/α,β-unsaturated/α-hetero) is 2. The molecule has 2 atom stereocenters. The van der Waals surface area contributed by atoms with Crippen LogP contribution in [0, 0.1) is 26.7 Å². The molecular formula is C23H25NO2. The Balaban J connectivity index is 1.59. The molecule has 0 radical (unpaired) electrons. The summed E-state index contributed by atoms with van der Waals surface area (Å²) in [6.45, 7) is 6.05. The van der Waals surface area contributed by atoms with E-state index in [0.29, 0.717) is 18.8 Å². The Morgan fingerprint density at radius 1 is 1.04 bits per heavy atom. The van der Waals surface area contributed by atoms with Gasteiger partial charge in [-0.15, -0.1) is 0 Å². The van der Waals surface area contributed by atoms with Gasteiger partial charge in [0.1, 0.15) is 11.7 Å². The Morgan fingerprint density at radius 2 is 1.73 bits per heavy atom. The lowest BCUT2D eigenvalue weighted by Crippen LogP contribution is -2.19. The summed E-state index contributed by atoms with van der Waals surface area (Å²) in [7, 11) is 0. The van der Waals surface area contributed by atoms with E-state index in [0.717, 1.165) is 28.1 Å². The Bertz CT molecular complexity index is 872. The normalized spacial score (nSPS) is 22.9. The molecule has 0 saturated heterocycles. The van der Waals surface area contributed by atoms with Crippen molar-refractivity contribution >= 4 is 11.6 Å². The highest BCUT2D eigenvalue weighted by Crippen LogP contribution is 2.40. The molecule has 2 aliphatic rings. The fraction of sp³-hybridized carbons (Fsp3) is 0.435. The molecule has 1 aromatic carbocycles.